The van der Waals surface area contributed by atoms with Crippen LogP contribution in [0.1, 0.15) is 6.92 Å². The minimum atomic E-state index is -0.297. The molecule has 0 saturated carbocycles. The molecule has 0 aromatic rings. The molecule has 0 aromatic heterocycles. The predicted octanol–water partition coefficient (Wildman–Crippen LogP) is 0.599. The van der Waals surface area contributed by atoms with Crippen molar-refractivity contribution < 1.29 is 9.53 Å². The predicted molar refractivity (Wildman–Crippen MR) is 61.8 cm³/mol. The van der Waals surface area contributed by atoms with E-state index in [9.17, 15) is 4.79 Å². The fourth-order valence-corrected chi connectivity index (χ4v) is 1.07. The minimum Gasteiger partial charge on any atom is -0.463 e. The first-order valence-electron chi connectivity index (χ1n) is 5.15. The van der Waals surface area contributed by atoms with Crippen molar-refractivity contribution in [3.05, 3.63) is 12.2 Å². The van der Waals surface area contributed by atoms with E-state index in [2.05, 4.69) is 16.4 Å². The van der Waals surface area contributed by atoms with E-state index in [1.54, 1.807) is 6.92 Å². The van der Waals surface area contributed by atoms with Gasteiger partial charge in [-0.3, -0.25) is 0 Å². The average molecular weight is 214 g/mol. The Bertz CT molecular complexity index is 215. The summed E-state index contributed by atoms with van der Waals surface area (Å²) in [6, 6.07) is 0. The molecule has 0 unspecified atom stereocenters. The smallest absolute Gasteiger partial charge is 0.334 e. The van der Waals surface area contributed by atoms with Gasteiger partial charge in [-0.25, -0.2) is 4.79 Å². The topological polar surface area (TPSA) is 32.8 Å². The maximum atomic E-state index is 11.3. The number of esters is 1. The number of hydrogen-bond acceptors (Lipinski definition) is 4. The molecule has 0 fully saturated rings. The second-order valence-corrected chi connectivity index (χ2v) is 3.87. The molecule has 88 valence electrons. The highest BCUT2D eigenvalue weighted by atomic mass is 16.5. The first-order valence-corrected chi connectivity index (χ1v) is 5.15. The molecule has 0 aliphatic carbocycles. The van der Waals surface area contributed by atoms with Gasteiger partial charge in [-0.1, -0.05) is 6.58 Å². The second kappa shape index (κ2) is 7.43. The molecule has 0 spiro atoms. The largest absolute Gasteiger partial charge is 0.463 e. The number of carbonyl (C=O) groups excluding carboxylic acids is 1. The van der Waals surface area contributed by atoms with Crippen molar-refractivity contribution in [2.45, 2.75) is 6.92 Å². The fourth-order valence-electron chi connectivity index (χ4n) is 1.07. The molecule has 0 saturated heterocycles. The first-order chi connectivity index (χ1) is 6.97. The highest BCUT2D eigenvalue weighted by molar-refractivity contribution is 5.88. The Hall–Kier alpha value is -0.870. The van der Waals surface area contributed by atoms with Crippen molar-refractivity contribution in [1.82, 2.24) is 9.80 Å². The number of rotatable bonds is 7. The zero-order chi connectivity index (χ0) is 11.8. The van der Waals surface area contributed by atoms with Crippen molar-refractivity contribution in [3.8, 4) is 0 Å². The fraction of sp³-hybridized carbons (Fsp3) is 0.727. The van der Waals surface area contributed by atoms with E-state index >= 15 is 0 Å². The summed E-state index contributed by atoms with van der Waals surface area (Å²) in [7, 11) is 6.01. The molecule has 4 heteroatoms. The summed E-state index contributed by atoms with van der Waals surface area (Å²) in [6.45, 7) is 8.34. The Morgan fingerprint density at radius 2 is 1.87 bits per heavy atom. The lowest BCUT2D eigenvalue weighted by Crippen LogP contribution is -2.31. The lowest BCUT2D eigenvalue weighted by molar-refractivity contribution is -0.138. The summed E-state index contributed by atoms with van der Waals surface area (Å²) in [5.41, 5.74) is 0.512. The normalized spacial score (nSPS) is 10.8. The molecular weight excluding hydrogens is 192 g/mol. The van der Waals surface area contributed by atoms with E-state index in [0.29, 0.717) is 18.7 Å². The molecule has 0 aliphatic heterocycles. The average Bonchev–Trinajstić information content (AvgIpc) is 2.15. The number of ether oxygens (including phenoxy) is 1. The molecule has 0 heterocycles. The van der Waals surface area contributed by atoms with Gasteiger partial charge in [0, 0.05) is 25.2 Å². The molecule has 0 bridgehead atoms. The van der Waals surface area contributed by atoms with Gasteiger partial charge >= 0.3 is 5.97 Å². The molecule has 0 amide bonds. The van der Waals surface area contributed by atoms with Gasteiger partial charge in [-0.05, 0) is 28.1 Å². The Balaban J connectivity index is 3.80. The number of hydrogen-bond donors (Lipinski definition) is 0. The van der Waals surface area contributed by atoms with Crippen molar-refractivity contribution in [2.75, 3.05) is 47.4 Å². The van der Waals surface area contributed by atoms with E-state index < -0.39 is 0 Å². The Labute approximate surface area is 92.5 Å². The van der Waals surface area contributed by atoms with Crippen LogP contribution in [0.4, 0.5) is 0 Å². The zero-order valence-electron chi connectivity index (χ0n) is 10.2. The third kappa shape index (κ3) is 7.11. The molecule has 15 heavy (non-hydrogen) atoms. The van der Waals surface area contributed by atoms with Crippen LogP contribution >= 0.6 is 0 Å². The van der Waals surface area contributed by atoms with Crippen LogP contribution in [-0.4, -0.2) is 63.2 Å². The van der Waals surface area contributed by atoms with Crippen molar-refractivity contribution in [3.63, 3.8) is 0 Å². The SMILES string of the molecule is C=C(CN(C)CCN(C)C)C(=O)OCC. The van der Waals surface area contributed by atoms with Gasteiger partial charge in [-0.15, -0.1) is 0 Å². The lowest BCUT2D eigenvalue weighted by Gasteiger charge is -2.19. The van der Waals surface area contributed by atoms with Crippen LogP contribution in [0.2, 0.25) is 0 Å². The van der Waals surface area contributed by atoms with E-state index in [1.807, 2.05) is 21.1 Å². The summed E-state index contributed by atoms with van der Waals surface area (Å²) in [4.78, 5) is 15.4. The molecule has 0 aliphatic rings. The maximum absolute atomic E-state index is 11.3. The Morgan fingerprint density at radius 1 is 1.27 bits per heavy atom. The summed E-state index contributed by atoms with van der Waals surface area (Å²) >= 11 is 0. The highest BCUT2D eigenvalue weighted by Gasteiger charge is 2.10. The van der Waals surface area contributed by atoms with Gasteiger partial charge in [0.05, 0.1) is 6.61 Å². The zero-order valence-corrected chi connectivity index (χ0v) is 10.2. The van der Waals surface area contributed by atoms with Crippen LogP contribution < -0.4 is 0 Å². The van der Waals surface area contributed by atoms with E-state index in [-0.39, 0.29) is 5.97 Å². The minimum absolute atomic E-state index is 0.297. The highest BCUT2D eigenvalue weighted by Crippen LogP contribution is 1.98. The molecule has 0 atom stereocenters. The quantitative estimate of drug-likeness (QED) is 0.459. The van der Waals surface area contributed by atoms with Crippen LogP contribution in [0.5, 0.6) is 0 Å². The van der Waals surface area contributed by atoms with Crippen molar-refractivity contribution >= 4 is 5.97 Å². The standard InChI is InChI=1S/C11H22N2O2/c1-6-15-11(14)10(2)9-13(5)8-7-12(3)4/h2,6-9H2,1,3-5H3. The van der Waals surface area contributed by atoms with Crippen LogP contribution in [0.3, 0.4) is 0 Å². The molecule has 0 aromatic carbocycles. The summed E-state index contributed by atoms with van der Waals surface area (Å²) in [5.74, 6) is -0.297. The Morgan fingerprint density at radius 3 is 2.33 bits per heavy atom. The molecular formula is C11H22N2O2. The van der Waals surface area contributed by atoms with E-state index in [0.717, 1.165) is 13.1 Å². The second-order valence-electron chi connectivity index (χ2n) is 3.87. The third-order valence-corrected chi connectivity index (χ3v) is 1.95. The van der Waals surface area contributed by atoms with Gasteiger partial charge in [0.15, 0.2) is 0 Å². The Kier molecular flexibility index (Phi) is 6.99. The van der Waals surface area contributed by atoms with Crippen LogP contribution in [0.25, 0.3) is 0 Å². The molecule has 0 rings (SSSR count). The third-order valence-electron chi connectivity index (χ3n) is 1.95. The number of carbonyl (C=O) groups is 1. The van der Waals surface area contributed by atoms with Gasteiger partial charge < -0.3 is 14.5 Å². The summed E-state index contributed by atoms with van der Waals surface area (Å²) in [5, 5.41) is 0. The monoisotopic (exact) mass is 214 g/mol. The molecule has 0 N–H and O–H groups in total. The number of nitrogens with zero attached hydrogens (tertiary/aromatic N) is 2. The van der Waals surface area contributed by atoms with E-state index in [1.165, 1.54) is 0 Å². The van der Waals surface area contributed by atoms with Crippen molar-refractivity contribution in [1.29, 1.82) is 0 Å². The first kappa shape index (κ1) is 14.1. The summed E-state index contributed by atoms with van der Waals surface area (Å²) in [6.07, 6.45) is 0. The number of likely N-dealkylation sites (N-methyl/N-ethyl adjacent to an activating group) is 2. The van der Waals surface area contributed by atoms with Crippen LogP contribution in [0.15, 0.2) is 12.2 Å². The maximum Gasteiger partial charge on any atom is 0.334 e. The van der Waals surface area contributed by atoms with Crippen LogP contribution in [-0.2, 0) is 9.53 Å². The van der Waals surface area contributed by atoms with Gasteiger partial charge in [-0.2, -0.15) is 0 Å². The molecule has 0 radical (unpaired) electrons. The molecule has 4 nitrogen and oxygen atoms in total. The summed E-state index contributed by atoms with van der Waals surface area (Å²) < 4.78 is 4.85. The van der Waals surface area contributed by atoms with Crippen LogP contribution in [0, 0.1) is 0 Å². The van der Waals surface area contributed by atoms with Gasteiger partial charge in [0.2, 0.25) is 0 Å². The van der Waals surface area contributed by atoms with Crippen molar-refractivity contribution in [2.24, 2.45) is 0 Å². The lowest BCUT2D eigenvalue weighted by atomic mass is 10.3. The van der Waals surface area contributed by atoms with Gasteiger partial charge in [0.1, 0.15) is 0 Å². The van der Waals surface area contributed by atoms with E-state index in [4.69, 9.17) is 4.74 Å². The van der Waals surface area contributed by atoms with Gasteiger partial charge in [0.25, 0.3) is 0 Å².